The zero-order valence-corrected chi connectivity index (χ0v) is 16.4. The van der Waals surface area contributed by atoms with Crippen molar-refractivity contribution in [1.82, 2.24) is 0 Å². The van der Waals surface area contributed by atoms with Gasteiger partial charge in [-0.15, -0.1) is 0 Å². The average Bonchev–Trinajstić information content (AvgIpc) is 2.33. The number of hydrogen-bond donors (Lipinski definition) is 3. The topological polar surface area (TPSA) is 127 Å². The lowest BCUT2D eigenvalue weighted by Crippen LogP contribution is -2.19. The van der Waals surface area contributed by atoms with Gasteiger partial charge < -0.3 is 15.5 Å². The van der Waals surface area contributed by atoms with E-state index in [2.05, 4.69) is 5.32 Å². The summed E-state index contributed by atoms with van der Waals surface area (Å²) in [4.78, 5) is 34.2. The van der Waals surface area contributed by atoms with E-state index < -0.39 is 24.3 Å². The van der Waals surface area contributed by atoms with E-state index in [0.717, 1.165) is 0 Å². The Morgan fingerprint density at radius 2 is 1.43 bits per heavy atom. The molecule has 0 aliphatic carbocycles. The van der Waals surface area contributed by atoms with E-state index in [0.29, 0.717) is 0 Å². The van der Waals surface area contributed by atoms with E-state index >= 15 is 0 Å². The summed E-state index contributed by atoms with van der Waals surface area (Å²) in [7, 11) is 0. The van der Waals surface area contributed by atoms with Crippen LogP contribution in [0.1, 0.15) is 27.1 Å². The van der Waals surface area contributed by atoms with Gasteiger partial charge in [0.2, 0.25) is 5.91 Å². The van der Waals surface area contributed by atoms with Crippen LogP contribution in [0.25, 0.3) is 0 Å². The number of amides is 1. The van der Waals surface area contributed by atoms with Gasteiger partial charge in [-0.2, -0.15) is 5.26 Å². The molecule has 0 aliphatic rings. The van der Waals surface area contributed by atoms with Crippen LogP contribution >= 0.6 is 67.8 Å². The Hall–Kier alpha value is -0.690. The molecule has 1 amide bonds. The quantitative estimate of drug-likeness (QED) is 0.442. The number of carbonyl (C=O) groups is 3. The summed E-state index contributed by atoms with van der Waals surface area (Å²) in [6, 6.07) is 1.66. The third-order valence-electron chi connectivity index (χ3n) is 2.25. The maximum Gasteiger partial charge on any atom is 0.337 e. The van der Waals surface area contributed by atoms with Crippen molar-refractivity contribution < 1.29 is 24.6 Å². The lowest BCUT2D eigenvalue weighted by Gasteiger charge is -2.15. The summed E-state index contributed by atoms with van der Waals surface area (Å²) in [6.07, 6.45) is -0.414. The fraction of sp³-hybridized carbons (Fsp3) is 0.0909. The molecule has 0 saturated carbocycles. The third kappa shape index (κ3) is 3.94. The normalized spacial score (nSPS) is 9.81. The van der Waals surface area contributed by atoms with Crippen molar-refractivity contribution in [2.45, 2.75) is 6.42 Å². The average molecular weight is 626 g/mol. The number of carbonyl (C=O) groups excluding carboxylic acids is 1. The van der Waals surface area contributed by atoms with Gasteiger partial charge in [-0.05, 0) is 67.8 Å². The highest BCUT2D eigenvalue weighted by Crippen LogP contribution is 2.35. The molecule has 110 valence electrons. The fourth-order valence-corrected chi connectivity index (χ4v) is 5.76. The van der Waals surface area contributed by atoms with Gasteiger partial charge in [0.15, 0.2) is 0 Å². The molecule has 7 nitrogen and oxygen atoms in total. The van der Waals surface area contributed by atoms with Crippen LogP contribution in [0, 0.1) is 22.0 Å². The molecule has 1 aromatic rings. The molecule has 0 bridgehead atoms. The van der Waals surface area contributed by atoms with E-state index in [4.69, 9.17) is 5.26 Å². The number of anilines is 1. The number of nitrogens with zero attached hydrogens (tertiary/aromatic N) is 1. The van der Waals surface area contributed by atoms with Gasteiger partial charge in [-0.25, -0.2) is 9.59 Å². The highest BCUT2D eigenvalue weighted by Gasteiger charge is 2.28. The van der Waals surface area contributed by atoms with Crippen molar-refractivity contribution >= 4 is 91.3 Å². The highest BCUT2D eigenvalue weighted by molar-refractivity contribution is 14.1. The van der Waals surface area contributed by atoms with Gasteiger partial charge in [0.05, 0.1) is 30.0 Å². The maximum atomic E-state index is 11.5. The van der Waals surface area contributed by atoms with E-state index in [1.165, 1.54) is 0 Å². The predicted molar refractivity (Wildman–Crippen MR) is 97.4 cm³/mol. The molecule has 0 aromatic heterocycles. The first kappa shape index (κ1) is 18.4. The molecule has 0 unspecified atom stereocenters. The number of nitrogens with one attached hydrogen (secondary N) is 1. The van der Waals surface area contributed by atoms with Crippen LogP contribution in [0.4, 0.5) is 5.69 Å². The number of carboxylic acid groups (broad SMARTS) is 2. The van der Waals surface area contributed by atoms with Gasteiger partial charge in [0.1, 0.15) is 6.42 Å². The molecule has 3 N–H and O–H groups in total. The number of rotatable bonds is 4. The molecular weight excluding hydrogens is 621 g/mol. The molecule has 0 saturated heterocycles. The van der Waals surface area contributed by atoms with Gasteiger partial charge in [-0.3, -0.25) is 4.79 Å². The number of nitriles is 1. The molecule has 0 aliphatic heterocycles. The molecule has 1 aromatic carbocycles. The Kier molecular flexibility index (Phi) is 6.59. The molecule has 0 spiro atoms. The maximum absolute atomic E-state index is 11.5. The number of halogens is 3. The van der Waals surface area contributed by atoms with E-state index in [9.17, 15) is 24.6 Å². The summed E-state index contributed by atoms with van der Waals surface area (Å²) in [6.45, 7) is 0. The summed E-state index contributed by atoms with van der Waals surface area (Å²) >= 11 is 5.11. The molecule has 0 heterocycles. The minimum Gasteiger partial charge on any atom is -0.478 e. The standard InChI is InChI=1S/C11H5I3N2O5/c12-6-4(10(18)19)7(13)9(16-3(17)1-2-15)8(14)5(6)11(20)21/h1H2,(H,16,17)(H,18,19)(H,20,21). The van der Waals surface area contributed by atoms with Crippen molar-refractivity contribution in [3.8, 4) is 6.07 Å². The minimum absolute atomic E-state index is 0.0830. The molecule has 0 radical (unpaired) electrons. The predicted octanol–water partition coefficient (Wildman–Crippen LogP) is 2.75. The van der Waals surface area contributed by atoms with E-state index in [1.54, 1.807) is 73.8 Å². The number of carboxylic acids is 2. The second-order valence-corrected chi connectivity index (χ2v) is 6.80. The zero-order chi connectivity index (χ0) is 16.3. The summed E-state index contributed by atoms with van der Waals surface area (Å²) < 4.78 is 0.509. The van der Waals surface area contributed by atoms with Crippen molar-refractivity contribution in [2.75, 3.05) is 5.32 Å². The Bertz CT molecular complexity index is 655. The molecule has 0 atom stereocenters. The van der Waals surface area contributed by atoms with Crippen molar-refractivity contribution in [2.24, 2.45) is 0 Å². The van der Waals surface area contributed by atoms with Gasteiger partial charge in [-0.1, -0.05) is 0 Å². The van der Waals surface area contributed by atoms with Crippen LogP contribution in [0.2, 0.25) is 0 Å². The number of hydrogen-bond acceptors (Lipinski definition) is 4. The van der Waals surface area contributed by atoms with Crippen LogP contribution in [-0.2, 0) is 4.79 Å². The van der Waals surface area contributed by atoms with Gasteiger partial charge in [0, 0.05) is 3.57 Å². The van der Waals surface area contributed by atoms with E-state index in [-0.39, 0.29) is 27.5 Å². The Morgan fingerprint density at radius 1 is 1.00 bits per heavy atom. The molecule has 1 rings (SSSR count). The molecule has 0 fully saturated rings. The SMILES string of the molecule is N#CCC(=O)Nc1c(I)c(C(=O)O)c(I)c(C(=O)O)c1I. The molecule has 21 heavy (non-hydrogen) atoms. The summed E-state index contributed by atoms with van der Waals surface area (Å²) in [5.74, 6) is -3.22. The first-order valence-corrected chi connectivity index (χ1v) is 8.29. The summed E-state index contributed by atoms with van der Waals surface area (Å²) in [5, 5.41) is 29.3. The Balaban J connectivity index is 3.64. The van der Waals surface area contributed by atoms with Crippen molar-refractivity contribution in [1.29, 1.82) is 5.26 Å². The van der Waals surface area contributed by atoms with Crippen LogP contribution in [0.5, 0.6) is 0 Å². The van der Waals surface area contributed by atoms with Crippen LogP contribution in [0.15, 0.2) is 0 Å². The largest absolute Gasteiger partial charge is 0.478 e. The monoisotopic (exact) mass is 626 g/mol. The van der Waals surface area contributed by atoms with Gasteiger partial charge in [0.25, 0.3) is 0 Å². The van der Waals surface area contributed by atoms with Crippen LogP contribution in [-0.4, -0.2) is 28.1 Å². The number of aromatic carboxylic acids is 2. The van der Waals surface area contributed by atoms with Gasteiger partial charge >= 0.3 is 11.9 Å². The second-order valence-electron chi connectivity index (χ2n) is 3.56. The minimum atomic E-state index is -1.29. The van der Waals surface area contributed by atoms with Crippen molar-refractivity contribution in [3.63, 3.8) is 0 Å². The first-order chi connectivity index (χ1) is 9.72. The Morgan fingerprint density at radius 3 is 1.76 bits per heavy atom. The Labute approximate surface area is 159 Å². The first-order valence-electron chi connectivity index (χ1n) is 5.06. The third-order valence-corrected chi connectivity index (χ3v) is 5.48. The molecule has 10 heteroatoms. The molecular formula is C11H5I3N2O5. The van der Waals surface area contributed by atoms with E-state index in [1.807, 2.05) is 0 Å². The van der Waals surface area contributed by atoms with Crippen LogP contribution in [0.3, 0.4) is 0 Å². The highest BCUT2D eigenvalue weighted by atomic mass is 127. The lowest BCUT2D eigenvalue weighted by atomic mass is 10.1. The zero-order valence-electron chi connectivity index (χ0n) is 9.91. The smallest absolute Gasteiger partial charge is 0.337 e. The lowest BCUT2D eigenvalue weighted by molar-refractivity contribution is -0.115. The number of benzene rings is 1. The summed E-state index contributed by atoms with van der Waals surface area (Å²) in [5.41, 5.74) is -0.297. The van der Waals surface area contributed by atoms with Crippen LogP contribution < -0.4 is 5.32 Å². The second kappa shape index (κ2) is 7.54. The van der Waals surface area contributed by atoms with Crippen molar-refractivity contribution in [3.05, 3.63) is 21.8 Å². The fourth-order valence-electron chi connectivity index (χ4n) is 1.40.